The molecule has 8 heteroatoms. The number of hydrogen-bond acceptors (Lipinski definition) is 7. The molecular formula is C19H25N5O2S. The Hall–Kier alpha value is -2.03. The maximum atomic E-state index is 12.8. The number of nitrogens with one attached hydrogen (secondary N) is 1. The highest BCUT2D eigenvalue weighted by Crippen LogP contribution is 2.29. The third-order valence-corrected chi connectivity index (χ3v) is 6.05. The average Bonchev–Trinajstić information content (AvgIpc) is 3.29. The molecule has 0 bridgehead atoms. The van der Waals surface area contributed by atoms with E-state index in [0.29, 0.717) is 19.7 Å². The molecule has 2 fully saturated rings. The van der Waals surface area contributed by atoms with E-state index in [0.717, 1.165) is 40.8 Å². The van der Waals surface area contributed by atoms with Crippen LogP contribution < -0.4 is 11.1 Å². The standard InChI is InChI=1S/C19H25N5O2S/c1-12-10-21-19(27-12)23-17-7-3-6-15(22-17)16-11-24(8-9-26-16)18(25)13-4-2-5-14(13)20/h3,6-7,10,13-14,16H,2,4-5,8-9,11,20H2,1H3,(H,21,22,23)/t13-,14+,16?/m1/s1. The first-order valence-corrected chi connectivity index (χ1v) is 10.2. The average molecular weight is 388 g/mol. The molecule has 27 heavy (non-hydrogen) atoms. The van der Waals surface area contributed by atoms with Crippen molar-refractivity contribution in [3.8, 4) is 0 Å². The molecule has 2 aliphatic rings. The minimum absolute atomic E-state index is 0.00815. The number of amides is 1. The van der Waals surface area contributed by atoms with E-state index in [1.54, 1.807) is 11.3 Å². The summed E-state index contributed by atoms with van der Waals surface area (Å²) in [6, 6.07) is 5.79. The maximum absolute atomic E-state index is 12.8. The van der Waals surface area contributed by atoms with Crippen LogP contribution in [-0.2, 0) is 9.53 Å². The van der Waals surface area contributed by atoms with Gasteiger partial charge in [-0.1, -0.05) is 12.5 Å². The Balaban J connectivity index is 1.45. The van der Waals surface area contributed by atoms with Crippen LogP contribution in [-0.4, -0.2) is 46.5 Å². The summed E-state index contributed by atoms with van der Waals surface area (Å²) in [5.74, 6) is 0.852. The van der Waals surface area contributed by atoms with Crippen LogP contribution in [0, 0.1) is 12.8 Å². The molecule has 2 aromatic heterocycles. The highest BCUT2D eigenvalue weighted by molar-refractivity contribution is 7.15. The number of pyridine rings is 1. The van der Waals surface area contributed by atoms with Crippen LogP contribution in [0.25, 0.3) is 0 Å². The molecule has 2 aromatic rings. The second kappa shape index (κ2) is 7.92. The largest absolute Gasteiger partial charge is 0.368 e. The van der Waals surface area contributed by atoms with Crippen LogP contribution in [0.2, 0.25) is 0 Å². The number of carbonyl (C=O) groups excluding carboxylic acids is 1. The first-order chi connectivity index (χ1) is 13.1. The van der Waals surface area contributed by atoms with E-state index in [-0.39, 0.29) is 24.0 Å². The summed E-state index contributed by atoms with van der Waals surface area (Å²) in [6.45, 7) is 3.68. The van der Waals surface area contributed by atoms with Crippen LogP contribution in [0.15, 0.2) is 24.4 Å². The molecular weight excluding hydrogens is 362 g/mol. The van der Waals surface area contributed by atoms with Crippen molar-refractivity contribution in [2.45, 2.75) is 38.3 Å². The number of anilines is 2. The number of morpholine rings is 1. The van der Waals surface area contributed by atoms with Gasteiger partial charge >= 0.3 is 0 Å². The number of nitrogens with two attached hydrogens (primary N) is 1. The van der Waals surface area contributed by atoms with Gasteiger partial charge in [0, 0.05) is 23.7 Å². The fourth-order valence-corrected chi connectivity index (χ4v) is 4.45. The molecule has 3 atom stereocenters. The molecule has 3 heterocycles. The van der Waals surface area contributed by atoms with Crippen LogP contribution >= 0.6 is 11.3 Å². The Kier molecular flexibility index (Phi) is 5.38. The molecule has 1 aliphatic carbocycles. The minimum Gasteiger partial charge on any atom is -0.368 e. The van der Waals surface area contributed by atoms with Gasteiger partial charge in [-0.05, 0) is 31.9 Å². The van der Waals surface area contributed by atoms with Gasteiger partial charge in [0.1, 0.15) is 11.9 Å². The quantitative estimate of drug-likeness (QED) is 0.838. The van der Waals surface area contributed by atoms with E-state index < -0.39 is 0 Å². The van der Waals surface area contributed by atoms with Gasteiger partial charge in [-0.3, -0.25) is 4.79 Å². The van der Waals surface area contributed by atoms with Crippen molar-refractivity contribution in [1.29, 1.82) is 0 Å². The number of nitrogens with zero attached hydrogens (tertiary/aromatic N) is 3. The van der Waals surface area contributed by atoms with Crippen LogP contribution in [0.3, 0.4) is 0 Å². The second-order valence-corrected chi connectivity index (χ2v) is 8.43. The third-order valence-electron chi connectivity index (χ3n) is 5.22. The van der Waals surface area contributed by atoms with Gasteiger partial charge in [0.05, 0.1) is 24.8 Å². The zero-order valence-electron chi connectivity index (χ0n) is 15.4. The van der Waals surface area contributed by atoms with E-state index >= 15 is 0 Å². The molecule has 3 N–H and O–H groups in total. The summed E-state index contributed by atoms with van der Waals surface area (Å²) >= 11 is 1.58. The van der Waals surface area contributed by atoms with Gasteiger partial charge in [-0.15, -0.1) is 11.3 Å². The van der Waals surface area contributed by atoms with Gasteiger partial charge in [-0.2, -0.15) is 0 Å². The molecule has 144 valence electrons. The van der Waals surface area contributed by atoms with Gasteiger partial charge in [0.15, 0.2) is 5.13 Å². The zero-order valence-corrected chi connectivity index (χ0v) is 16.2. The maximum Gasteiger partial charge on any atom is 0.227 e. The van der Waals surface area contributed by atoms with Crippen molar-refractivity contribution < 1.29 is 9.53 Å². The second-order valence-electron chi connectivity index (χ2n) is 7.19. The molecule has 1 saturated carbocycles. The molecule has 0 radical (unpaired) electrons. The highest BCUT2D eigenvalue weighted by atomic mass is 32.1. The summed E-state index contributed by atoms with van der Waals surface area (Å²) in [6.07, 6.45) is 4.48. The van der Waals surface area contributed by atoms with Crippen molar-refractivity contribution in [3.05, 3.63) is 35.0 Å². The normalized spacial score (nSPS) is 25.6. The topological polar surface area (TPSA) is 93.4 Å². The molecule has 4 rings (SSSR count). The first kappa shape index (κ1) is 18.3. The van der Waals surface area contributed by atoms with E-state index in [2.05, 4.69) is 15.3 Å². The fraction of sp³-hybridized carbons (Fsp3) is 0.526. The summed E-state index contributed by atoms with van der Waals surface area (Å²) < 4.78 is 5.91. The van der Waals surface area contributed by atoms with Gasteiger partial charge < -0.3 is 20.7 Å². The van der Waals surface area contributed by atoms with Crippen LogP contribution in [0.1, 0.15) is 35.9 Å². The van der Waals surface area contributed by atoms with Gasteiger partial charge in [-0.25, -0.2) is 9.97 Å². The van der Waals surface area contributed by atoms with E-state index in [1.165, 1.54) is 0 Å². The SMILES string of the molecule is Cc1cnc(Nc2cccc(C3CN(C(=O)[C@@H]4CCC[C@@H]4N)CCO3)n2)s1. The van der Waals surface area contributed by atoms with E-state index in [9.17, 15) is 4.79 Å². The lowest BCUT2D eigenvalue weighted by Crippen LogP contribution is -2.47. The lowest BCUT2D eigenvalue weighted by molar-refractivity contribution is -0.143. The number of thiazole rings is 1. The van der Waals surface area contributed by atoms with Crippen molar-refractivity contribution >= 4 is 28.2 Å². The molecule has 0 aromatic carbocycles. The summed E-state index contributed by atoms with van der Waals surface area (Å²) in [7, 11) is 0. The summed E-state index contributed by atoms with van der Waals surface area (Å²) in [4.78, 5) is 24.9. The lowest BCUT2D eigenvalue weighted by Gasteiger charge is -2.35. The third kappa shape index (κ3) is 4.12. The number of rotatable bonds is 4. The minimum atomic E-state index is -0.222. The Bertz CT molecular complexity index is 811. The predicted molar refractivity (Wildman–Crippen MR) is 105 cm³/mol. The van der Waals surface area contributed by atoms with Crippen molar-refractivity contribution in [2.75, 3.05) is 25.0 Å². The van der Waals surface area contributed by atoms with E-state index in [1.807, 2.05) is 36.2 Å². The number of ether oxygens (including phenoxy) is 1. The molecule has 1 saturated heterocycles. The Morgan fingerprint density at radius 3 is 3.04 bits per heavy atom. The number of aryl methyl sites for hydroxylation is 1. The van der Waals surface area contributed by atoms with Crippen molar-refractivity contribution in [2.24, 2.45) is 11.7 Å². The predicted octanol–water partition coefficient (Wildman–Crippen LogP) is 2.62. The summed E-state index contributed by atoms with van der Waals surface area (Å²) in [5, 5.41) is 4.05. The monoisotopic (exact) mass is 387 g/mol. The number of hydrogen-bond donors (Lipinski definition) is 2. The van der Waals surface area contributed by atoms with E-state index in [4.69, 9.17) is 10.5 Å². The highest BCUT2D eigenvalue weighted by Gasteiger charge is 2.36. The Morgan fingerprint density at radius 1 is 1.41 bits per heavy atom. The van der Waals surface area contributed by atoms with Crippen LogP contribution in [0.5, 0.6) is 0 Å². The summed E-state index contributed by atoms with van der Waals surface area (Å²) in [5.41, 5.74) is 6.94. The van der Waals surface area contributed by atoms with Gasteiger partial charge in [0.25, 0.3) is 0 Å². The fourth-order valence-electron chi connectivity index (χ4n) is 3.78. The Morgan fingerprint density at radius 2 is 2.30 bits per heavy atom. The van der Waals surface area contributed by atoms with Gasteiger partial charge in [0.2, 0.25) is 5.91 Å². The molecule has 1 unspecified atom stereocenters. The van der Waals surface area contributed by atoms with Crippen LogP contribution in [0.4, 0.5) is 10.9 Å². The molecule has 1 amide bonds. The number of aromatic nitrogens is 2. The molecule has 0 spiro atoms. The molecule has 1 aliphatic heterocycles. The first-order valence-electron chi connectivity index (χ1n) is 9.42. The lowest BCUT2D eigenvalue weighted by atomic mass is 10.0. The smallest absolute Gasteiger partial charge is 0.227 e. The van der Waals surface area contributed by atoms with Crippen molar-refractivity contribution in [3.63, 3.8) is 0 Å². The Labute approximate surface area is 162 Å². The van der Waals surface area contributed by atoms with Crippen molar-refractivity contribution in [1.82, 2.24) is 14.9 Å². The zero-order chi connectivity index (χ0) is 18.8. The molecule has 7 nitrogen and oxygen atoms in total. The number of carbonyl (C=O) groups is 1.